The van der Waals surface area contributed by atoms with Crippen LogP contribution in [0.25, 0.3) is 0 Å². The number of amides is 1. The summed E-state index contributed by atoms with van der Waals surface area (Å²) in [5.74, 6) is -0.275. The van der Waals surface area contributed by atoms with Gasteiger partial charge in [-0.3, -0.25) is 9.78 Å². The largest absolute Gasteiger partial charge is 0.490 e. The predicted octanol–water partition coefficient (Wildman–Crippen LogP) is 2.35. The number of fused-ring (bicyclic) bond motifs is 1. The minimum absolute atomic E-state index is 0.0913. The average molecular weight is 309 g/mol. The molecule has 22 heavy (non-hydrogen) atoms. The van der Waals surface area contributed by atoms with Gasteiger partial charge in [-0.15, -0.1) is 0 Å². The molecule has 7 heteroatoms. The number of aromatic nitrogens is 1. The first-order valence-electron chi connectivity index (χ1n) is 6.88. The van der Waals surface area contributed by atoms with Crippen molar-refractivity contribution in [3.8, 4) is 11.8 Å². The van der Waals surface area contributed by atoms with Gasteiger partial charge in [-0.05, 0) is 20.8 Å². The molecular weight excluding hydrogens is 292 g/mol. The zero-order valence-corrected chi connectivity index (χ0v) is 12.6. The fourth-order valence-corrected chi connectivity index (χ4v) is 2.22. The maximum Gasteiger partial charge on any atom is 0.252 e. The Kier molecular flexibility index (Phi) is 4.31. The number of ether oxygens (including phenoxy) is 1. The van der Waals surface area contributed by atoms with Crippen LogP contribution in [0.3, 0.4) is 0 Å². The van der Waals surface area contributed by atoms with Gasteiger partial charge in [-0.25, -0.2) is 8.78 Å². The summed E-state index contributed by atoms with van der Waals surface area (Å²) < 4.78 is 31.8. The highest BCUT2D eigenvalue weighted by Crippen LogP contribution is 2.33. The molecular formula is C15H17F2N3O2. The van der Waals surface area contributed by atoms with Gasteiger partial charge in [0, 0.05) is 18.0 Å². The second-order valence-corrected chi connectivity index (χ2v) is 5.90. The Hall–Kier alpha value is -2.23. The number of nitriles is 1. The van der Waals surface area contributed by atoms with Crippen LogP contribution in [-0.4, -0.2) is 34.9 Å². The van der Waals surface area contributed by atoms with E-state index < -0.39 is 17.7 Å². The van der Waals surface area contributed by atoms with Crippen LogP contribution < -0.4 is 4.74 Å². The van der Waals surface area contributed by atoms with Gasteiger partial charge in [0.15, 0.2) is 0 Å². The van der Waals surface area contributed by atoms with Crippen LogP contribution in [0.4, 0.5) is 8.78 Å². The van der Waals surface area contributed by atoms with Crippen molar-refractivity contribution < 1.29 is 18.3 Å². The topological polar surface area (TPSA) is 66.2 Å². The third-order valence-corrected chi connectivity index (χ3v) is 3.79. The molecule has 0 N–H and O–H groups in total. The van der Waals surface area contributed by atoms with Crippen LogP contribution in [0.1, 0.15) is 31.9 Å². The molecule has 0 aliphatic carbocycles. The van der Waals surface area contributed by atoms with E-state index in [0.717, 1.165) is 0 Å². The molecule has 0 spiro atoms. The summed E-state index contributed by atoms with van der Waals surface area (Å²) >= 11 is 0. The van der Waals surface area contributed by atoms with Crippen molar-refractivity contribution in [1.82, 2.24) is 9.88 Å². The van der Waals surface area contributed by atoms with E-state index >= 15 is 0 Å². The highest BCUT2D eigenvalue weighted by molar-refractivity contribution is 5.83. The second-order valence-electron chi connectivity index (χ2n) is 5.90. The van der Waals surface area contributed by atoms with Gasteiger partial charge in [0.05, 0.1) is 12.6 Å². The second kappa shape index (κ2) is 5.87. The Morgan fingerprint density at radius 3 is 2.82 bits per heavy atom. The van der Waals surface area contributed by atoms with E-state index in [1.807, 2.05) is 6.07 Å². The molecule has 0 saturated heterocycles. The molecule has 0 fully saturated rings. The number of rotatable bonds is 2. The molecule has 2 heterocycles. The first-order chi connectivity index (χ1) is 10.3. The summed E-state index contributed by atoms with van der Waals surface area (Å²) in [5.41, 5.74) is -0.965. The van der Waals surface area contributed by atoms with E-state index in [-0.39, 0.29) is 24.8 Å². The van der Waals surface area contributed by atoms with E-state index in [0.29, 0.717) is 11.3 Å². The van der Waals surface area contributed by atoms with Gasteiger partial charge in [0.1, 0.15) is 29.4 Å². The number of nitrogens with zero attached hydrogens (tertiary/aromatic N) is 3. The lowest BCUT2D eigenvalue weighted by Crippen LogP contribution is -2.48. The third kappa shape index (κ3) is 2.73. The maximum absolute atomic E-state index is 13.1. The van der Waals surface area contributed by atoms with Crippen molar-refractivity contribution in [3.63, 3.8) is 0 Å². The normalized spacial score (nSPS) is 18.2. The molecule has 1 aliphatic heterocycles. The van der Waals surface area contributed by atoms with Crippen molar-refractivity contribution in [2.75, 3.05) is 6.61 Å². The summed E-state index contributed by atoms with van der Waals surface area (Å²) in [6, 6.07) is 1.59. The lowest BCUT2D eigenvalue weighted by atomic mass is 9.91. The van der Waals surface area contributed by atoms with Crippen LogP contribution in [0.15, 0.2) is 12.4 Å². The predicted molar refractivity (Wildman–Crippen MR) is 74.2 cm³/mol. The van der Waals surface area contributed by atoms with Crippen molar-refractivity contribution in [3.05, 3.63) is 23.5 Å². The molecule has 0 radical (unpaired) electrons. The summed E-state index contributed by atoms with van der Waals surface area (Å²) in [6.07, 6.45) is 0.105. The first kappa shape index (κ1) is 16.1. The summed E-state index contributed by atoms with van der Waals surface area (Å²) in [7, 11) is 0. The molecule has 1 aromatic rings. The molecule has 2 rings (SSSR count). The number of hydrogen-bond donors (Lipinski definition) is 0. The van der Waals surface area contributed by atoms with E-state index in [2.05, 4.69) is 4.98 Å². The van der Waals surface area contributed by atoms with Crippen molar-refractivity contribution in [2.45, 2.75) is 39.8 Å². The van der Waals surface area contributed by atoms with Gasteiger partial charge in [-0.1, -0.05) is 0 Å². The number of hydrogen-bond acceptors (Lipinski definition) is 4. The van der Waals surface area contributed by atoms with Gasteiger partial charge in [0.25, 0.3) is 6.43 Å². The Balaban J connectivity index is 2.38. The molecule has 1 amide bonds. The van der Waals surface area contributed by atoms with Crippen molar-refractivity contribution >= 4 is 5.91 Å². The molecule has 0 aromatic carbocycles. The van der Waals surface area contributed by atoms with E-state index in [1.54, 1.807) is 6.92 Å². The molecule has 5 nitrogen and oxygen atoms in total. The maximum atomic E-state index is 13.1. The number of carbonyl (C=O) groups excluding carboxylic acids is 1. The van der Waals surface area contributed by atoms with Crippen LogP contribution in [0.5, 0.6) is 5.75 Å². The van der Waals surface area contributed by atoms with Gasteiger partial charge in [-0.2, -0.15) is 5.26 Å². The third-order valence-electron chi connectivity index (χ3n) is 3.79. The molecule has 1 atom stereocenters. The number of carbonyl (C=O) groups is 1. The number of halogens is 2. The van der Waals surface area contributed by atoms with Crippen LogP contribution >= 0.6 is 0 Å². The highest BCUT2D eigenvalue weighted by Gasteiger charge is 2.42. The zero-order valence-electron chi connectivity index (χ0n) is 12.6. The SMILES string of the molecule is C[C@@H]1COc2c(C#N)cncc2CN1C(=O)C(C)(C)C(F)F. The standard InChI is InChI=1S/C15H17F2N3O2/c1-9-8-22-12-10(4-18)5-19-6-11(12)7-20(9)14(21)15(2,3)13(16)17/h5-6,9,13H,7-8H2,1-3H3/t9-/m1/s1. The van der Waals surface area contributed by atoms with Crippen LogP contribution in [0, 0.1) is 16.7 Å². The molecule has 118 valence electrons. The summed E-state index contributed by atoms with van der Waals surface area (Å²) in [5, 5.41) is 9.08. The van der Waals surface area contributed by atoms with Gasteiger partial charge in [0.2, 0.25) is 5.91 Å². The van der Waals surface area contributed by atoms with E-state index in [1.165, 1.54) is 31.1 Å². The van der Waals surface area contributed by atoms with Gasteiger partial charge < -0.3 is 9.64 Å². The fourth-order valence-electron chi connectivity index (χ4n) is 2.22. The zero-order chi connectivity index (χ0) is 16.5. The Morgan fingerprint density at radius 2 is 2.23 bits per heavy atom. The summed E-state index contributed by atoms with van der Waals surface area (Å²) in [6.45, 7) is 4.40. The number of pyridine rings is 1. The summed E-state index contributed by atoms with van der Waals surface area (Å²) in [4.78, 5) is 17.8. The monoisotopic (exact) mass is 309 g/mol. The smallest absolute Gasteiger partial charge is 0.252 e. The first-order valence-corrected chi connectivity index (χ1v) is 6.88. The lowest BCUT2D eigenvalue weighted by molar-refractivity contribution is -0.152. The average Bonchev–Trinajstić information content (AvgIpc) is 2.65. The minimum atomic E-state index is -2.76. The van der Waals surface area contributed by atoms with Crippen LogP contribution in [-0.2, 0) is 11.3 Å². The molecule has 1 aliphatic rings. The highest BCUT2D eigenvalue weighted by atomic mass is 19.3. The minimum Gasteiger partial charge on any atom is -0.490 e. The molecule has 0 saturated carbocycles. The quantitative estimate of drug-likeness (QED) is 0.841. The van der Waals surface area contributed by atoms with Crippen molar-refractivity contribution in [1.29, 1.82) is 5.26 Å². The Labute approximate surface area is 127 Å². The molecule has 1 aromatic heterocycles. The lowest BCUT2D eigenvalue weighted by Gasteiger charge is -2.33. The van der Waals surface area contributed by atoms with Gasteiger partial charge >= 0.3 is 0 Å². The van der Waals surface area contributed by atoms with E-state index in [9.17, 15) is 13.6 Å². The molecule has 0 unspecified atom stereocenters. The Bertz CT molecular complexity index is 626. The molecule has 0 bridgehead atoms. The van der Waals surface area contributed by atoms with Crippen molar-refractivity contribution in [2.24, 2.45) is 5.41 Å². The number of alkyl halides is 2. The van der Waals surface area contributed by atoms with Crippen LogP contribution in [0.2, 0.25) is 0 Å². The fraction of sp³-hybridized carbons (Fsp3) is 0.533. The van der Waals surface area contributed by atoms with E-state index in [4.69, 9.17) is 10.00 Å². The Morgan fingerprint density at radius 1 is 1.55 bits per heavy atom.